The molecule has 0 amide bonds. The molecular formula is C60H84Cl2SiZr. The number of benzene rings is 4. The third-order valence-electron chi connectivity index (χ3n) is 17.5. The molecule has 2 saturated carbocycles. The zero-order chi connectivity index (χ0) is 43.4. The number of hydrogen-bond donors (Lipinski definition) is 0. The van der Waals surface area contributed by atoms with E-state index in [4.69, 9.17) is 0 Å². The Balaban J connectivity index is 0.00000340. The normalized spacial score (nSPS) is 21.2. The Morgan fingerprint density at radius 3 is 1.11 bits per heavy atom. The zero-order valence-corrected chi connectivity index (χ0v) is 46.5. The van der Waals surface area contributed by atoms with E-state index in [9.17, 15) is 0 Å². The predicted molar refractivity (Wildman–Crippen MR) is 287 cm³/mol. The number of allylic oxidation sites excluding steroid dienone is 2. The molecule has 0 saturated heterocycles. The molecule has 0 aromatic heterocycles. The van der Waals surface area contributed by atoms with Crippen LogP contribution in [0.15, 0.2) is 96.1 Å². The Morgan fingerprint density at radius 1 is 0.469 bits per heavy atom. The van der Waals surface area contributed by atoms with E-state index in [2.05, 4.69) is 141 Å². The number of halogens is 2. The summed E-state index contributed by atoms with van der Waals surface area (Å²) in [5.74, 6) is 0. The van der Waals surface area contributed by atoms with Crippen LogP contribution in [-0.4, -0.2) is 6.88 Å². The van der Waals surface area contributed by atoms with Crippen molar-refractivity contribution in [3.05, 3.63) is 129 Å². The molecule has 0 aliphatic heterocycles. The van der Waals surface area contributed by atoms with E-state index < -0.39 is 17.4 Å². The van der Waals surface area contributed by atoms with Gasteiger partial charge >= 0.3 is 384 Å². The van der Waals surface area contributed by atoms with E-state index >= 15 is 0 Å². The molecule has 4 heteroatoms. The van der Waals surface area contributed by atoms with Crippen molar-refractivity contribution in [1.82, 2.24) is 0 Å². The molecule has 0 bridgehead atoms. The summed E-state index contributed by atoms with van der Waals surface area (Å²) in [4.78, 5) is 0. The largest absolute Gasteiger partial charge is 0.147 e. The first-order valence-electron chi connectivity index (χ1n) is 25.9. The maximum absolute atomic E-state index is 4.03. The minimum atomic E-state index is -4.03. The monoisotopic (exact) mass is 992 g/mol. The van der Waals surface area contributed by atoms with Crippen LogP contribution in [0.1, 0.15) is 197 Å². The van der Waals surface area contributed by atoms with Crippen LogP contribution in [0.5, 0.6) is 0 Å². The van der Waals surface area contributed by atoms with Gasteiger partial charge in [0, 0.05) is 0 Å². The van der Waals surface area contributed by atoms with Crippen molar-refractivity contribution in [1.29, 1.82) is 0 Å². The van der Waals surface area contributed by atoms with Crippen LogP contribution in [0, 0.1) is 10.8 Å². The van der Waals surface area contributed by atoms with E-state index in [1.54, 1.807) is 22.3 Å². The number of aryl methyl sites for hydroxylation is 2. The summed E-state index contributed by atoms with van der Waals surface area (Å²) in [6.07, 6.45) is 35.6. The molecular weight excluding hydrogens is 911 g/mol. The molecule has 0 radical (unpaired) electrons. The summed E-state index contributed by atoms with van der Waals surface area (Å²) in [5, 5.41) is 0. The van der Waals surface area contributed by atoms with Crippen LogP contribution in [0.2, 0.25) is 9.26 Å². The summed E-state index contributed by atoms with van der Waals surface area (Å²) >= 11 is -4.03. The van der Waals surface area contributed by atoms with Crippen molar-refractivity contribution >= 4 is 43.8 Å². The zero-order valence-electron chi connectivity index (χ0n) is 41.0. The van der Waals surface area contributed by atoms with Gasteiger partial charge in [-0.1, -0.05) is 0 Å². The molecule has 2 fully saturated rings. The van der Waals surface area contributed by atoms with Gasteiger partial charge in [-0.15, -0.1) is 24.8 Å². The maximum Gasteiger partial charge on any atom is -0.147 e. The second kappa shape index (κ2) is 22.0. The van der Waals surface area contributed by atoms with Gasteiger partial charge in [0.2, 0.25) is 0 Å². The fourth-order valence-corrected chi connectivity index (χ4v) is 33.5. The topological polar surface area (TPSA) is 0 Å². The molecule has 4 aliphatic rings. The summed E-state index contributed by atoms with van der Waals surface area (Å²) in [6, 6.07) is 34.2. The first-order chi connectivity index (χ1) is 30.0. The fourth-order valence-electron chi connectivity index (χ4n) is 13.8. The van der Waals surface area contributed by atoms with Crippen molar-refractivity contribution in [2.45, 2.75) is 185 Å². The van der Waals surface area contributed by atoms with E-state index in [0.29, 0.717) is 18.1 Å². The SMILES string of the molecule is CCc1ccc(-c2cccc3c2C=C(CC2(CC)CCCCCCCC2)[CH]3[Zr]([CH3])([CH3])(=[SiH2])[CH]2C(CC3(CC)CCCCCCCC3)=Cc3c(-c4ccc(CC)cc4)cccc32)cc1.Cl.Cl. The number of rotatable bonds is 12. The molecule has 0 N–H and O–H groups in total. The quantitative estimate of drug-likeness (QED) is 0.124. The van der Waals surface area contributed by atoms with Gasteiger partial charge in [-0.2, -0.15) is 0 Å². The van der Waals surface area contributed by atoms with E-state index in [0.717, 1.165) is 12.8 Å². The summed E-state index contributed by atoms with van der Waals surface area (Å²) < 4.78 is 6.97. The summed E-state index contributed by atoms with van der Waals surface area (Å²) in [7, 11) is 0. The molecule has 4 aromatic rings. The molecule has 0 nitrogen and oxygen atoms in total. The Morgan fingerprint density at radius 2 is 0.797 bits per heavy atom. The van der Waals surface area contributed by atoms with Gasteiger partial charge < -0.3 is 0 Å². The second-order valence-corrected chi connectivity index (χ2v) is 52.7. The molecule has 0 heterocycles. The van der Waals surface area contributed by atoms with E-state index in [1.807, 2.05) is 11.1 Å². The fraction of sp³-hybridized carbons (Fsp3) is 0.533. The Labute approximate surface area is 406 Å². The molecule has 0 spiro atoms. The van der Waals surface area contributed by atoms with Crippen molar-refractivity contribution < 1.29 is 17.4 Å². The second-order valence-electron chi connectivity index (χ2n) is 22.3. The van der Waals surface area contributed by atoms with Crippen molar-refractivity contribution in [3.63, 3.8) is 0 Å². The van der Waals surface area contributed by atoms with Gasteiger partial charge in [-0.25, -0.2) is 0 Å². The molecule has 346 valence electrons. The van der Waals surface area contributed by atoms with Gasteiger partial charge in [-0.05, 0) is 0 Å². The third kappa shape index (κ3) is 10.7. The smallest absolute Gasteiger partial charge is 0.147 e. The molecule has 64 heavy (non-hydrogen) atoms. The van der Waals surface area contributed by atoms with Crippen LogP contribution in [0.25, 0.3) is 34.4 Å². The molecule has 2 atom stereocenters. The molecule has 4 aromatic carbocycles. The molecule has 8 rings (SSSR count). The average molecular weight is 996 g/mol. The van der Waals surface area contributed by atoms with Crippen LogP contribution in [0.3, 0.4) is 0 Å². The van der Waals surface area contributed by atoms with E-state index in [1.165, 1.54) is 162 Å². The van der Waals surface area contributed by atoms with Crippen LogP contribution < -0.4 is 0 Å². The van der Waals surface area contributed by atoms with Crippen molar-refractivity contribution in [2.75, 3.05) is 0 Å². The summed E-state index contributed by atoms with van der Waals surface area (Å²) in [6.45, 7) is 12.3. The van der Waals surface area contributed by atoms with Gasteiger partial charge in [0.1, 0.15) is 0 Å². The van der Waals surface area contributed by atoms with Gasteiger partial charge in [0.25, 0.3) is 0 Å². The maximum atomic E-state index is 2.95. The summed E-state index contributed by atoms with van der Waals surface area (Å²) in [5.41, 5.74) is 19.4. The first kappa shape index (κ1) is 51.4. The van der Waals surface area contributed by atoms with Crippen LogP contribution in [-0.2, 0) is 30.2 Å². The minimum absolute atomic E-state index is 0. The van der Waals surface area contributed by atoms with Crippen LogP contribution in [0.4, 0.5) is 0 Å². The van der Waals surface area contributed by atoms with Gasteiger partial charge in [0.05, 0.1) is 0 Å². The van der Waals surface area contributed by atoms with Crippen LogP contribution >= 0.6 is 24.8 Å². The minimum Gasteiger partial charge on any atom is -0.147 e. The Hall–Kier alpha value is -1.96. The Bertz CT molecular complexity index is 2130. The first-order valence-corrected chi connectivity index (χ1v) is 39.6. The van der Waals surface area contributed by atoms with Gasteiger partial charge in [-0.3, -0.25) is 0 Å². The number of fused-ring (bicyclic) bond motifs is 2. The van der Waals surface area contributed by atoms with E-state index in [-0.39, 0.29) is 24.8 Å². The third-order valence-corrected chi connectivity index (χ3v) is 35.0. The molecule has 4 aliphatic carbocycles. The Kier molecular flexibility index (Phi) is 17.7. The predicted octanol–water partition coefficient (Wildman–Crippen LogP) is 18.7. The van der Waals surface area contributed by atoms with Crippen molar-refractivity contribution in [2.24, 2.45) is 10.8 Å². The molecule has 2 unspecified atom stereocenters. The van der Waals surface area contributed by atoms with Gasteiger partial charge in [0.15, 0.2) is 0 Å². The average Bonchev–Trinajstić information content (AvgIpc) is 3.92. The standard InChI is InChI=1S/2C29H37.2CH3.2ClH.H2Si.Zr/c2*1-3-23-14-16-25(17-15-23)27-13-11-12-26-20-24(21-28(26)27)22-29(4-2)18-9-7-5-6-8-10-19-29;;;;;;/h2*11-17,20-21H,3-10,18-19,22H2,1-2H3;2*1H3;2*1H;1H2;. The number of hydrogen-bond acceptors (Lipinski definition) is 0. The van der Waals surface area contributed by atoms with Crippen molar-refractivity contribution in [3.8, 4) is 22.3 Å².